The van der Waals surface area contributed by atoms with Crippen molar-refractivity contribution in [3.63, 3.8) is 0 Å². The molecule has 1 aliphatic rings. The van der Waals surface area contributed by atoms with Crippen LogP contribution in [0.4, 0.5) is 0 Å². The maximum absolute atomic E-state index is 13.1. The highest BCUT2D eigenvalue weighted by atomic mass is 16.5. The van der Waals surface area contributed by atoms with E-state index < -0.39 is 0 Å². The van der Waals surface area contributed by atoms with Crippen molar-refractivity contribution >= 4 is 5.91 Å². The molecule has 0 aromatic carbocycles. The molecule has 3 aromatic rings. The topological polar surface area (TPSA) is 97.9 Å². The van der Waals surface area contributed by atoms with Crippen molar-refractivity contribution in [1.82, 2.24) is 30.0 Å². The average molecular weight is 378 g/mol. The van der Waals surface area contributed by atoms with E-state index in [-0.39, 0.29) is 11.9 Å². The van der Waals surface area contributed by atoms with Crippen LogP contribution < -0.4 is 0 Å². The molecular formula is C20H22N6O2. The Labute approximate surface area is 163 Å². The summed E-state index contributed by atoms with van der Waals surface area (Å²) in [6, 6.07) is -0.169. The van der Waals surface area contributed by atoms with Crippen LogP contribution in [0.1, 0.15) is 57.8 Å². The van der Waals surface area contributed by atoms with Crippen molar-refractivity contribution in [2.24, 2.45) is 0 Å². The van der Waals surface area contributed by atoms with E-state index in [0.29, 0.717) is 23.8 Å². The molecule has 1 amide bonds. The Hall–Kier alpha value is -3.16. The molecule has 4 heterocycles. The van der Waals surface area contributed by atoms with Crippen molar-refractivity contribution in [1.29, 1.82) is 0 Å². The summed E-state index contributed by atoms with van der Waals surface area (Å²) in [4.78, 5) is 32.4. The van der Waals surface area contributed by atoms with E-state index in [4.69, 9.17) is 9.51 Å². The zero-order valence-electron chi connectivity index (χ0n) is 16.4. The predicted octanol–water partition coefficient (Wildman–Crippen LogP) is 3.13. The lowest BCUT2D eigenvalue weighted by Crippen LogP contribution is -2.32. The quantitative estimate of drug-likeness (QED) is 0.690. The van der Waals surface area contributed by atoms with E-state index in [1.807, 2.05) is 32.6 Å². The van der Waals surface area contributed by atoms with Crippen LogP contribution in [0.15, 0.2) is 23.1 Å². The van der Waals surface area contributed by atoms with Crippen LogP contribution >= 0.6 is 0 Å². The van der Waals surface area contributed by atoms with Gasteiger partial charge < -0.3 is 9.42 Å². The lowest BCUT2D eigenvalue weighted by atomic mass is 10.0. The Morgan fingerprint density at radius 2 is 1.93 bits per heavy atom. The molecule has 0 aliphatic carbocycles. The second-order valence-electron chi connectivity index (χ2n) is 7.14. The predicted molar refractivity (Wildman–Crippen MR) is 102 cm³/mol. The van der Waals surface area contributed by atoms with Crippen LogP contribution in [-0.2, 0) is 0 Å². The lowest BCUT2D eigenvalue weighted by Gasteiger charge is -2.25. The van der Waals surface area contributed by atoms with Gasteiger partial charge in [-0.3, -0.25) is 9.78 Å². The molecule has 8 nitrogen and oxygen atoms in total. The highest BCUT2D eigenvalue weighted by molar-refractivity contribution is 5.92. The summed E-state index contributed by atoms with van der Waals surface area (Å²) in [5.41, 5.74) is 4.47. The molecule has 0 saturated carbocycles. The van der Waals surface area contributed by atoms with Crippen molar-refractivity contribution in [2.45, 2.75) is 46.6 Å². The molecule has 0 bridgehead atoms. The van der Waals surface area contributed by atoms with Gasteiger partial charge in [0.1, 0.15) is 11.5 Å². The number of aromatic nitrogens is 5. The molecule has 28 heavy (non-hydrogen) atoms. The third kappa shape index (κ3) is 3.15. The van der Waals surface area contributed by atoms with E-state index >= 15 is 0 Å². The molecule has 4 rings (SSSR count). The van der Waals surface area contributed by atoms with Gasteiger partial charge in [0.25, 0.3) is 5.91 Å². The first-order chi connectivity index (χ1) is 13.5. The number of nitrogens with zero attached hydrogens (tertiary/aromatic N) is 6. The molecule has 0 radical (unpaired) electrons. The number of hydrogen-bond acceptors (Lipinski definition) is 7. The second-order valence-corrected chi connectivity index (χ2v) is 7.14. The maximum atomic E-state index is 13.1. The number of carbonyl (C=O) groups excluding carboxylic acids is 1. The molecule has 0 N–H and O–H groups in total. The number of likely N-dealkylation sites (tertiary alicyclic amines) is 1. The fraction of sp³-hybridized carbons (Fsp3) is 0.400. The third-order valence-corrected chi connectivity index (χ3v) is 5.17. The van der Waals surface area contributed by atoms with Gasteiger partial charge in [-0.05, 0) is 40.5 Å². The molecule has 3 aromatic heterocycles. The van der Waals surface area contributed by atoms with E-state index in [9.17, 15) is 4.79 Å². The zero-order chi connectivity index (χ0) is 19.8. The first kappa shape index (κ1) is 18.2. The monoisotopic (exact) mass is 378 g/mol. The third-order valence-electron chi connectivity index (χ3n) is 5.17. The zero-order valence-corrected chi connectivity index (χ0v) is 16.4. The molecular weight excluding hydrogens is 356 g/mol. The Morgan fingerprint density at radius 3 is 2.61 bits per heavy atom. The molecule has 1 unspecified atom stereocenters. The first-order valence-electron chi connectivity index (χ1n) is 9.32. The number of hydrogen-bond donors (Lipinski definition) is 0. The van der Waals surface area contributed by atoms with Gasteiger partial charge in [-0.1, -0.05) is 5.16 Å². The standard InChI is InChI=1S/C20H22N6O2/c1-11-8-23-16(10-21-11)20(27)26-7-5-6-17(26)18-15(9-22-14(4)24-18)19-12(2)13(3)25-28-19/h8-10,17H,5-7H2,1-4H3. The highest BCUT2D eigenvalue weighted by Crippen LogP contribution is 2.38. The van der Waals surface area contributed by atoms with Crippen molar-refractivity contribution < 1.29 is 9.32 Å². The highest BCUT2D eigenvalue weighted by Gasteiger charge is 2.35. The van der Waals surface area contributed by atoms with Gasteiger partial charge in [-0.2, -0.15) is 0 Å². The minimum atomic E-state index is -0.169. The summed E-state index contributed by atoms with van der Waals surface area (Å²) in [7, 11) is 0. The van der Waals surface area contributed by atoms with E-state index in [1.54, 1.807) is 12.4 Å². The molecule has 1 saturated heterocycles. The second kappa shape index (κ2) is 7.10. The minimum Gasteiger partial charge on any atom is -0.356 e. The number of rotatable bonds is 3. The first-order valence-corrected chi connectivity index (χ1v) is 9.32. The smallest absolute Gasteiger partial charge is 0.274 e. The number of carbonyl (C=O) groups is 1. The van der Waals surface area contributed by atoms with Crippen molar-refractivity contribution in [2.75, 3.05) is 6.54 Å². The van der Waals surface area contributed by atoms with Crippen molar-refractivity contribution in [3.05, 3.63) is 52.8 Å². The molecule has 144 valence electrons. The van der Waals surface area contributed by atoms with Gasteiger partial charge in [0, 0.05) is 24.5 Å². The lowest BCUT2D eigenvalue weighted by molar-refractivity contribution is 0.0726. The summed E-state index contributed by atoms with van der Waals surface area (Å²) in [6.07, 6.45) is 6.62. The fourth-order valence-corrected chi connectivity index (χ4v) is 3.53. The Morgan fingerprint density at radius 1 is 1.11 bits per heavy atom. The van der Waals surface area contributed by atoms with Crippen LogP contribution in [0.25, 0.3) is 11.3 Å². The Kier molecular flexibility index (Phi) is 4.62. The van der Waals surface area contributed by atoms with Crippen molar-refractivity contribution in [3.8, 4) is 11.3 Å². The molecule has 8 heteroatoms. The van der Waals surface area contributed by atoms with Gasteiger partial charge in [-0.25, -0.2) is 15.0 Å². The number of amides is 1. The normalized spacial score (nSPS) is 16.6. The van der Waals surface area contributed by atoms with Gasteiger partial charge in [-0.15, -0.1) is 0 Å². The maximum Gasteiger partial charge on any atom is 0.274 e. The van der Waals surface area contributed by atoms with Crippen LogP contribution in [0.3, 0.4) is 0 Å². The number of aryl methyl sites for hydroxylation is 3. The van der Waals surface area contributed by atoms with Gasteiger partial charge in [0.2, 0.25) is 0 Å². The minimum absolute atomic E-state index is 0.136. The summed E-state index contributed by atoms with van der Waals surface area (Å²) in [6.45, 7) is 8.20. The molecule has 1 aliphatic heterocycles. The van der Waals surface area contributed by atoms with Gasteiger partial charge in [0.05, 0.1) is 34.9 Å². The average Bonchev–Trinajstić information content (AvgIpc) is 3.30. The van der Waals surface area contributed by atoms with Crippen LogP contribution in [0, 0.1) is 27.7 Å². The van der Waals surface area contributed by atoms with Crippen LogP contribution in [-0.4, -0.2) is 42.4 Å². The van der Waals surface area contributed by atoms with Crippen LogP contribution in [0.5, 0.6) is 0 Å². The Balaban J connectivity index is 1.75. The SMILES string of the molecule is Cc1cnc(C(=O)N2CCCC2c2nc(C)ncc2-c2onc(C)c2C)cn1. The fourth-order valence-electron chi connectivity index (χ4n) is 3.53. The van der Waals surface area contributed by atoms with Gasteiger partial charge in [0.15, 0.2) is 5.76 Å². The van der Waals surface area contributed by atoms with E-state index in [0.717, 1.165) is 41.1 Å². The van der Waals surface area contributed by atoms with Gasteiger partial charge >= 0.3 is 0 Å². The molecule has 1 atom stereocenters. The van der Waals surface area contributed by atoms with Crippen LogP contribution in [0.2, 0.25) is 0 Å². The summed E-state index contributed by atoms with van der Waals surface area (Å²) in [5, 5.41) is 4.06. The largest absolute Gasteiger partial charge is 0.356 e. The molecule has 0 spiro atoms. The summed E-state index contributed by atoms with van der Waals surface area (Å²) in [5.74, 6) is 1.17. The summed E-state index contributed by atoms with van der Waals surface area (Å²) < 4.78 is 5.56. The summed E-state index contributed by atoms with van der Waals surface area (Å²) >= 11 is 0. The van der Waals surface area contributed by atoms with E-state index in [2.05, 4.69) is 20.1 Å². The Bertz CT molecular complexity index is 1030. The molecule has 1 fully saturated rings. The van der Waals surface area contributed by atoms with E-state index in [1.165, 1.54) is 6.20 Å².